The molecule has 0 saturated carbocycles. The van der Waals surface area contributed by atoms with Gasteiger partial charge in [0.25, 0.3) is 0 Å². The number of nitrogen functional groups attached to an aromatic ring is 1. The number of benzene rings is 1. The lowest BCUT2D eigenvalue weighted by Gasteiger charge is -2.20. The van der Waals surface area contributed by atoms with Gasteiger partial charge in [-0.3, -0.25) is 0 Å². The quantitative estimate of drug-likeness (QED) is 0.602. The molecule has 0 spiro atoms. The number of rotatable bonds is 4. The first kappa shape index (κ1) is 11.7. The van der Waals surface area contributed by atoms with Gasteiger partial charge in [-0.1, -0.05) is 0 Å². The Morgan fingerprint density at radius 3 is 2.44 bits per heavy atom. The molecule has 1 aromatic rings. The maximum absolute atomic E-state index is 8.67. The van der Waals surface area contributed by atoms with E-state index >= 15 is 0 Å². The Bertz CT molecular complexity index is 428. The molecule has 2 N–H and O–H groups in total. The maximum Gasteiger partial charge on any atom is 0.121 e. The van der Waals surface area contributed by atoms with Gasteiger partial charge >= 0.3 is 0 Å². The molecular formula is C11H12N4O. The molecule has 0 bridgehead atoms. The topological polar surface area (TPSA) is 86.1 Å². The zero-order chi connectivity index (χ0) is 12.0. The van der Waals surface area contributed by atoms with E-state index in [0.29, 0.717) is 17.1 Å². The van der Waals surface area contributed by atoms with Gasteiger partial charge in [0, 0.05) is 6.07 Å². The first-order valence-electron chi connectivity index (χ1n) is 4.65. The van der Waals surface area contributed by atoms with Crippen LogP contribution in [0.4, 0.5) is 11.4 Å². The van der Waals surface area contributed by atoms with Gasteiger partial charge in [-0.15, -0.1) is 0 Å². The van der Waals surface area contributed by atoms with E-state index in [4.69, 9.17) is 21.0 Å². The molecule has 16 heavy (non-hydrogen) atoms. The third kappa shape index (κ3) is 2.55. The summed E-state index contributed by atoms with van der Waals surface area (Å²) in [5.41, 5.74) is 6.95. The van der Waals surface area contributed by atoms with Crippen LogP contribution in [-0.2, 0) is 0 Å². The average molecular weight is 216 g/mol. The fourth-order valence-corrected chi connectivity index (χ4v) is 1.32. The van der Waals surface area contributed by atoms with Gasteiger partial charge in [-0.05, 0) is 12.1 Å². The SMILES string of the molecule is COc1ccc(N)c(N(CC#N)CC#N)c1. The monoisotopic (exact) mass is 216 g/mol. The molecule has 0 unspecified atom stereocenters. The third-order valence-electron chi connectivity index (χ3n) is 2.10. The molecule has 1 aromatic carbocycles. The van der Waals surface area contributed by atoms with Gasteiger partial charge in [-0.25, -0.2) is 0 Å². The molecule has 82 valence electrons. The van der Waals surface area contributed by atoms with E-state index in [1.54, 1.807) is 30.2 Å². The summed E-state index contributed by atoms with van der Waals surface area (Å²) >= 11 is 0. The smallest absolute Gasteiger partial charge is 0.121 e. The minimum atomic E-state index is 0.116. The van der Waals surface area contributed by atoms with Crippen molar-refractivity contribution in [3.63, 3.8) is 0 Å². The molecule has 5 nitrogen and oxygen atoms in total. The summed E-state index contributed by atoms with van der Waals surface area (Å²) in [6, 6.07) is 9.12. The summed E-state index contributed by atoms with van der Waals surface area (Å²) in [7, 11) is 1.55. The van der Waals surface area contributed by atoms with Crippen molar-refractivity contribution in [3.05, 3.63) is 18.2 Å². The Hall–Kier alpha value is -2.40. The predicted molar refractivity (Wildman–Crippen MR) is 60.8 cm³/mol. The minimum absolute atomic E-state index is 0.116. The highest BCUT2D eigenvalue weighted by Gasteiger charge is 2.10. The van der Waals surface area contributed by atoms with Crippen molar-refractivity contribution in [2.24, 2.45) is 0 Å². The Morgan fingerprint density at radius 1 is 1.31 bits per heavy atom. The second-order valence-corrected chi connectivity index (χ2v) is 3.10. The van der Waals surface area contributed by atoms with Gasteiger partial charge < -0.3 is 15.4 Å². The molecule has 0 amide bonds. The molecule has 0 saturated heterocycles. The lowest BCUT2D eigenvalue weighted by Crippen LogP contribution is -2.24. The molecule has 0 aliphatic carbocycles. The first-order chi connectivity index (χ1) is 7.72. The Kier molecular flexibility index (Phi) is 3.99. The molecule has 1 rings (SSSR count). The number of hydrogen-bond donors (Lipinski definition) is 1. The van der Waals surface area contributed by atoms with Crippen LogP contribution in [-0.4, -0.2) is 20.2 Å². The van der Waals surface area contributed by atoms with Crippen molar-refractivity contribution in [1.82, 2.24) is 0 Å². The van der Waals surface area contributed by atoms with Crippen LogP contribution in [0, 0.1) is 22.7 Å². The number of nitrogens with two attached hydrogens (primary N) is 1. The zero-order valence-corrected chi connectivity index (χ0v) is 8.97. The molecule has 0 fully saturated rings. The zero-order valence-electron chi connectivity index (χ0n) is 8.97. The number of hydrogen-bond acceptors (Lipinski definition) is 5. The molecule has 0 heterocycles. The fourth-order valence-electron chi connectivity index (χ4n) is 1.32. The van der Waals surface area contributed by atoms with Crippen molar-refractivity contribution in [3.8, 4) is 17.9 Å². The van der Waals surface area contributed by atoms with Crippen LogP contribution in [0.3, 0.4) is 0 Å². The van der Waals surface area contributed by atoms with E-state index in [2.05, 4.69) is 0 Å². The highest BCUT2D eigenvalue weighted by molar-refractivity contribution is 5.70. The van der Waals surface area contributed by atoms with Gasteiger partial charge in [-0.2, -0.15) is 10.5 Å². The Balaban J connectivity index is 3.08. The van der Waals surface area contributed by atoms with Gasteiger partial charge in [0.1, 0.15) is 18.8 Å². The van der Waals surface area contributed by atoms with Crippen molar-refractivity contribution in [1.29, 1.82) is 10.5 Å². The minimum Gasteiger partial charge on any atom is -0.497 e. The van der Waals surface area contributed by atoms with Crippen LogP contribution in [0.25, 0.3) is 0 Å². The van der Waals surface area contributed by atoms with E-state index < -0.39 is 0 Å². The number of nitriles is 2. The van der Waals surface area contributed by atoms with E-state index in [1.165, 1.54) is 0 Å². The second kappa shape index (κ2) is 5.47. The van der Waals surface area contributed by atoms with E-state index in [1.807, 2.05) is 12.1 Å². The summed E-state index contributed by atoms with van der Waals surface area (Å²) in [6.45, 7) is 0.232. The number of ether oxygens (including phenoxy) is 1. The number of methoxy groups -OCH3 is 1. The standard InChI is InChI=1S/C11H12N4O/c1-16-9-2-3-10(14)11(8-9)15(6-4-12)7-5-13/h2-3,8H,6-7,14H2,1H3. The second-order valence-electron chi connectivity index (χ2n) is 3.10. The van der Waals surface area contributed by atoms with Gasteiger partial charge in [0.2, 0.25) is 0 Å². The summed E-state index contributed by atoms with van der Waals surface area (Å²) in [4.78, 5) is 1.60. The van der Waals surface area contributed by atoms with E-state index in [-0.39, 0.29) is 13.1 Å². The van der Waals surface area contributed by atoms with Crippen molar-refractivity contribution >= 4 is 11.4 Å². The molecular weight excluding hydrogens is 204 g/mol. The molecule has 0 radical (unpaired) electrons. The molecule has 0 aliphatic rings. The maximum atomic E-state index is 8.67. The third-order valence-corrected chi connectivity index (χ3v) is 2.10. The van der Waals surface area contributed by atoms with E-state index in [0.717, 1.165) is 0 Å². The summed E-state index contributed by atoms with van der Waals surface area (Å²) in [5, 5.41) is 17.3. The lowest BCUT2D eigenvalue weighted by atomic mass is 10.2. The Morgan fingerprint density at radius 2 is 1.94 bits per heavy atom. The molecule has 5 heteroatoms. The Labute approximate surface area is 94.3 Å². The summed E-state index contributed by atoms with van der Waals surface area (Å²) in [5.74, 6) is 0.644. The van der Waals surface area contributed by atoms with Crippen molar-refractivity contribution in [2.75, 3.05) is 30.8 Å². The average Bonchev–Trinajstić information content (AvgIpc) is 2.29. The lowest BCUT2D eigenvalue weighted by molar-refractivity contribution is 0.415. The fraction of sp³-hybridized carbons (Fsp3) is 0.273. The van der Waals surface area contributed by atoms with Crippen molar-refractivity contribution < 1.29 is 4.74 Å². The molecule has 0 aromatic heterocycles. The van der Waals surface area contributed by atoms with E-state index in [9.17, 15) is 0 Å². The highest BCUT2D eigenvalue weighted by atomic mass is 16.5. The molecule has 0 atom stereocenters. The van der Waals surface area contributed by atoms with Crippen LogP contribution in [0.2, 0.25) is 0 Å². The highest BCUT2D eigenvalue weighted by Crippen LogP contribution is 2.27. The van der Waals surface area contributed by atoms with Crippen LogP contribution in [0.1, 0.15) is 0 Å². The normalized spacial score (nSPS) is 8.94. The van der Waals surface area contributed by atoms with Gasteiger partial charge in [0.05, 0.1) is 30.6 Å². The van der Waals surface area contributed by atoms with Crippen LogP contribution < -0.4 is 15.4 Å². The largest absolute Gasteiger partial charge is 0.497 e. The van der Waals surface area contributed by atoms with Gasteiger partial charge in [0.15, 0.2) is 0 Å². The first-order valence-corrected chi connectivity index (χ1v) is 4.65. The number of nitrogens with zero attached hydrogens (tertiary/aromatic N) is 3. The van der Waals surface area contributed by atoms with Crippen LogP contribution in [0.5, 0.6) is 5.75 Å². The predicted octanol–water partition coefficient (Wildman–Crippen LogP) is 1.13. The number of anilines is 2. The molecule has 0 aliphatic heterocycles. The van der Waals surface area contributed by atoms with Crippen LogP contribution >= 0.6 is 0 Å². The van der Waals surface area contributed by atoms with Crippen LogP contribution in [0.15, 0.2) is 18.2 Å². The summed E-state index contributed by atoms with van der Waals surface area (Å²) in [6.07, 6.45) is 0. The van der Waals surface area contributed by atoms with Crippen molar-refractivity contribution in [2.45, 2.75) is 0 Å². The summed E-state index contributed by atoms with van der Waals surface area (Å²) < 4.78 is 5.07.